The van der Waals surface area contributed by atoms with E-state index in [1.165, 1.54) is 0 Å². The first-order valence-electron chi connectivity index (χ1n) is 9.74. The van der Waals surface area contributed by atoms with Crippen LogP contribution < -0.4 is 20.5 Å². The molecule has 0 aliphatic heterocycles. The van der Waals surface area contributed by atoms with Crippen molar-refractivity contribution < 1.29 is 19.1 Å². The number of amides is 2. The normalized spacial score (nSPS) is 11.2. The molecule has 0 radical (unpaired) electrons. The SMILES string of the molecule is Cc1cccc(OCCOc2c(C(=O)NC(C)(C)C(N)=O)ccc3ccccc23)c1. The molecule has 3 aromatic carbocycles. The summed E-state index contributed by atoms with van der Waals surface area (Å²) in [6.07, 6.45) is 0. The predicted octanol–water partition coefficient (Wildman–Crippen LogP) is 3.60. The van der Waals surface area contributed by atoms with Crippen LogP contribution in [0.3, 0.4) is 0 Å². The van der Waals surface area contributed by atoms with Crippen LogP contribution in [-0.4, -0.2) is 30.6 Å². The molecule has 6 nitrogen and oxygen atoms in total. The van der Waals surface area contributed by atoms with Crippen molar-refractivity contribution in [3.8, 4) is 11.5 Å². The molecule has 0 aromatic heterocycles. The molecule has 156 valence electrons. The minimum atomic E-state index is -1.19. The number of aryl methyl sites for hydroxylation is 1. The van der Waals surface area contributed by atoms with E-state index in [0.717, 1.165) is 22.1 Å². The van der Waals surface area contributed by atoms with Crippen molar-refractivity contribution >= 4 is 22.6 Å². The molecule has 30 heavy (non-hydrogen) atoms. The van der Waals surface area contributed by atoms with Crippen LogP contribution in [0.25, 0.3) is 10.8 Å². The van der Waals surface area contributed by atoms with Crippen molar-refractivity contribution in [3.63, 3.8) is 0 Å². The van der Waals surface area contributed by atoms with Crippen LogP contribution in [-0.2, 0) is 4.79 Å². The lowest BCUT2D eigenvalue weighted by Gasteiger charge is -2.23. The number of primary amides is 1. The molecule has 0 unspecified atom stereocenters. The lowest BCUT2D eigenvalue weighted by molar-refractivity contribution is -0.122. The highest BCUT2D eigenvalue weighted by Crippen LogP contribution is 2.30. The summed E-state index contributed by atoms with van der Waals surface area (Å²) in [5.41, 5.74) is 5.64. The maximum atomic E-state index is 12.9. The Morgan fingerprint density at radius 2 is 1.70 bits per heavy atom. The fourth-order valence-electron chi connectivity index (χ4n) is 3.00. The zero-order valence-corrected chi connectivity index (χ0v) is 17.4. The van der Waals surface area contributed by atoms with Crippen molar-refractivity contribution in [3.05, 3.63) is 71.8 Å². The predicted molar refractivity (Wildman–Crippen MR) is 117 cm³/mol. The second-order valence-corrected chi connectivity index (χ2v) is 7.62. The number of benzene rings is 3. The van der Waals surface area contributed by atoms with Gasteiger partial charge in [0, 0.05) is 5.39 Å². The number of fused-ring (bicyclic) bond motifs is 1. The summed E-state index contributed by atoms with van der Waals surface area (Å²) in [6, 6.07) is 18.9. The van der Waals surface area contributed by atoms with E-state index in [-0.39, 0.29) is 6.61 Å². The van der Waals surface area contributed by atoms with Crippen molar-refractivity contribution in [2.75, 3.05) is 13.2 Å². The zero-order chi connectivity index (χ0) is 21.7. The molecule has 0 spiro atoms. The standard InChI is InChI=1S/C24H26N2O4/c1-16-7-6-9-18(15-16)29-13-14-30-21-19-10-5-4-8-17(19)11-12-20(21)22(27)26-24(2,3)23(25)28/h4-12,15H,13-14H2,1-3H3,(H2,25,28)(H,26,27). The first-order chi connectivity index (χ1) is 14.3. The molecular weight excluding hydrogens is 380 g/mol. The lowest BCUT2D eigenvalue weighted by atomic mass is 10.0. The van der Waals surface area contributed by atoms with Crippen molar-refractivity contribution in [1.29, 1.82) is 0 Å². The third-order valence-electron chi connectivity index (χ3n) is 4.75. The fraction of sp³-hybridized carbons (Fsp3) is 0.250. The van der Waals surface area contributed by atoms with Gasteiger partial charge in [0.15, 0.2) is 0 Å². The van der Waals surface area contributed by atoms with Crippen LogP contribution in [0.2, 0.25) is 0 Å². The van der Waals surface area contributed by atoms with Gasteiger partial charge in [-0.3, -0.25) is 9.59 Å². The topological polar surface area (TPSA) is 90.7 Å². The number of nitrogens with two attached hydrogens (primary N) is 1. The summed E-state index contributed by atoms with van der Waals surface area (Å²) < 4.78 is 11.7. The number of hydrogen-bond donors (Lipinski definition) is 2. The molecule has 0 heterocycles. The summed E-state index contributed by atoms with van der Waals surface area (Å²) in [7, 11) is 0. The Morgan fingerprint density at radius 3 is 2.43 bits per heavy atom. The minimum absolute atomic E-state index is 0.251. The second kappa shape index (κ2) is 8.86. The molecule has 3 aromatic rings. The Balaban J connectivity index is 1.81. The van der Waals surface area contributed by atoms with Crippen LogP contribution in [0.5, 0.6) is 11.5 Å². The summed E-state index contributed by atoms with van der Waals surface area (Å²) in [6.45, 7) is 5.69. The first kappa shape index (κ1) is 21.2. The van der Waals surface area contributed by atoms with Crippen molar-refractivity contribution in [1.82, 2.24) is 5.32 Å². The summed E-state index contributed by atoms with van der Waals surface area (Å²) >= 11 is 0. The second-order valence-electron chi connectivity index (χ2n) is 7.62. The molecule has 3 N–H and O–H groups in total. The van der Waals surface area contributed by atoms with Gasteiger partial charge in [0.1, 0.15) is 30.3 Å². The molecule has 0 aliphatic rings. The number of ether oxygens (including phenoxy) is 2. The van der Waals surface area contributed by atoms with Gasteiger partial charge in [0.25, 0.3) is 5.91 Å². The van der Waals surface area contributed by atoms with Crippen LogP contribution in [0.15, 0.2) is 60.7 Å². The van der Waals surface area contributed by atoms with Crippen molar-refractivity contribution in [2.24, 2.45) is 5.73 Å². The summed E-state index contributed by atoms with van der Waals surface area (Å²) in [4.78, 5) is 24.5. The minimum Gasteiger partial charge on any atom is -0.490 e. The molecule has 0 saturated carbocycles. The highest BCUT2D eigenvalue weighted by atomic mass is 16.5. The fourth-order valence-corrected chi connectivity index (χ4v) is 3.00. The van der Waals surface area contributed by atoms with Gasteiger partial charge in [-0.1, -0.05) is 42.5 Å². The quantitative estimate of drug-likeness (QED) is 0.559. The Labute approximate surface area is 176 Å². The number of nitrogens with one attached hydrogen (secondary N) is 1. The van der Waals surface area contributed by atoms with E-state index in [2.05, 4.69) is 5.32 Å². The molecule has 0 atom stereocenters. The van der Waals surface area contributed by atoms with E-state index < -0.39 is 17.4 Å². The molecule has 0 bridgehead atoms. The van der Waals surface area contributed by atoms with Gasteiger partial charge in [0.2, 0.25) is 5.91 Å². The van der Waals surface area contributed by atoms with Gasteiger partial charge < -0.3 is 20.5 Å². The lowest BCUT2D eigenvalue weighted by Crippen LogP contribution is -2.53. The van der Waals surface area contributed by atoms with Gasteiger partial charge in [-0.15, -0.1) is 0 Å². The van der Waals surface area contributed by atoms with Gasteiger partial charge >= 0.3 is 0 Å². The Hall–Kier alpha value is -3.54. The Kier molecular flexibility index (Phi) is 6.26. The maximum absolute atomic E-state index is 12.9. The van der Waals surface area contributed by atoms with E-state index in [9.17, 15) is 9.59 Å². The average Bonchev–Trinajstić information content (AvgIpc) is 2.70. The van der Waals surface area contributed by atoms with Gasteiger partial charge in [-0.25, -0.2) is 0 Å². The van der Waals surface area contributed by atoms with E-state index in [4.69, 9.17) is 15.2 Å². The van der Waals surface area contributed by atoms with E-state index in [0.29, 0.717) is 17.9 Å². The van der Waals surface area contributed by atoms with Crippen LogP contribution in [0.1, 0.15) is 29.8 Å². The average molecular weight is 406 g/mol. The molecular formula is C24H26N2O4. The molecule has 0 fully saturated rings. The van der Waals surface area contributed by atoms with Crippen molar-refractivity contribution in [2.45, 2.75) is 26.3 Å². The number of hydrogen-bond acceptors (Lipinski definition) is 4. The zero-order valence-electron chi connectivity index (χ0n) is 17.4. The number of carbonyl (C=O) groups is 2. The highest BCUT2D eigenvalue weighted by molar-refractivity contribution is 6.05. The van der Waals surface area contributed by atoms with Crippen LogP contribution >= 0.6 is 0 Å². The van der Waals surface area contributed by atoms with E-state index >= 15 is 0 Å². The molecule has 3 rings (SSSR count). The summed E-state index contributed by atoms with van der Waals surface area (Å²) in [5, 5.41) is 4.42. The first-order valence-corrected chi connectivity index (χ1v) is 9.74. The Bertz CT molecular complexity index is 1080. The molecule has 6 heteroatoms. The monoisotopic (exact) mass is 406 g/mol. The molecule has 2 amide bonds. The number of rotatable bonds is 8. The molecule has 0 saturated heterocycles. The van der Waals surface area contributed by atoms with Gasteiger partial charge in [0.05, 0.1) is 5.56 Å². The van der Waals surface area contributed by atoms with Crippen LogP contribution in [0, 0.1) is 6.92 Å². The van der Waals surface area contributed by atoms with Gasteiger partial charge in [-0.05, 0) is 49.9 Å². The maximum Gasteiger partial charge on any atom is 0.255 e. The summed E-state index contributed by atoms with van der Waals surface area (Å²) in [5.74, 6) is 0.154. The third-order valence-corrected chi connectivity index (χ3v) is 4.75. The largest absolute Gasteiger partial charge is 0.490 e. The number of carbonyl (C=O) groups excluding carboxylic acids is 2. The van der Waals surface area contributed by atoms with E-state index in [1.54, 1.807) is 19.9 Å². The van der Waals surface area contributed by atoms with Crippen LogP contribution in [0.4, 0.5) is 0 Å². The highest BCUT2D eigenvalue weighted by Gasteiger charge is 2.28. The Morgan fingerprint density at radius 1 is 0.967 bits per heavy atom. The van der Waals surface area contributed by atoms with E-state index in [1.807, 2.05) is 61.5 Å². The third kappa shape index (κ3) is 4.89. The smallest absolute Gasteiger partial charge is 0.255 e. The molecule has 0 aliphatic carbocycles. The van der Waals surface area contributed by atoms with Gasteiger partial charge in [-0.2, -0.15) is 0 Å².